The van der Waals surface area contributed by atoms with Gasteiger partial charge >= 0.3 is 0 Å². The van der Waals surface area contributed by atoms with Gasteiger partial charge in [-0.05, 0) is 61.2 Å². The molecule has 7 nitrogen and oxygen atoms in total. The van der Waals surface area contributed by atoms with Crippen LogP contribution in [-0.4, -0.2) is 48.5 Å². The van der Waals surface area contributed by atoms with Gasteiger partial charge in [-0.3, -0.25) is 9.69 Å². The Bertz CT molecular complexity index is 979. The van der Waals surface area contributed by atoms with E-state index in [-0.39, 0.29) is 31.2 Å². The van der Waals surface area contributed by atoms with Crippen LogP contribution in [0.3, 0.4) is 0 Å². The predicted octanol–water partition coefficient (Wildman–Crippen LogP) is 3.73. The number of carbonyl (C=O) groups excluding carboxylic acids is 1. The number of benzene rings is 2. The Morgan fingerprint density at radius 1 is 1.16 bits per heavy atom. The van der Waals surface area contributed by atoms with Crippen molar-refractivity contribution in [1.29, 1.82) is 0 Å². The maximum Gasteiger partial charge on any atom is 0.238 e. The van der Waals surface area contributed by atoms with Crippen LogP contribution in [0.2, 0.25) is 0 Å². The monoisotopic (exact) mass is 438 g/mol. The van der Waals surface area contributed by atoms with Crippen LogP contribution in [0.1, 0.15) is 43.7 Å². The van der Waals surface area contributed by atoms with Crippen molar-refractivity contribution in [3.8, 4) is 17.2 Å². The van der Waals surface area contributed by atoms with Crippen molar-refractivity contribution in [2.24, 2.45) is 5.92 Å². The minimum Gasteiger partial charge on any atom is -0.497 e. The fraction of sp³-hybridized carbons (Fsp3) is 0.480. The molecule has 2 fully saturated rings. The van der Waals surface area contributed by atoms with Crippen molar-refractivity contribution in [3.05, 3.63) is 48.0 Å². The maximum absolute atomic E-state index is 12.9. The van der Waals surface area contributed by atoms with E-state index in [1.54, 1.807) is 7.11 Å². The number of methoxy groups -OCH3 is 1. The number of aliphatic hydroxyl groups is 1. The van der Waals surface area contributed by atoms with E-state index in [9.17, 15) is 9.90 Å². The molecule has 0 radical (unpaired) electrons. The van der Waals surface area contributed by atoms with Gasteiger partial charge in [-0.2, -0.15) is 0 Å². The van der Waals surface area contributed by atoms with Gasteiger partial charge in [-0.15, -0.1) is 0 Å². The summed E-state index contributed by atoms with van der Waals surface area (Å²) in [5, 5.41) is 14.5. The first-order valence-corrected chi connectivity index (χ1v) is 11.4. The number of rotatable bonds is 5. The Kier molecular flexibility index (Phi) is 5.69. The molecule has 0 unspecified atom stereocenters. The normalized spacial score (nSPS) is 26.9. The molecule has 1 amide bonds. The van der Waals surface area contributed by atoms with Gasteiger partial charge in [0, 0.05) is 24.2 Å². The van der Waals surface area contributed by atoms with Gasteiger partial charge in [-0.25, -0.2) is 0 Å². The minimum absolute atomic E-state index is 0.0508. The SMILES string of the molecule is COc1ccc(NC(=O)CN2CC[C@@]3(O)CCCC[C@H]3[C@@H]2c2ccc3c(c2)OCO3)cc1. The number of fused-ring (bicyclic) bond motifs is 2. The van der Waals surface area contributed by atoms with E-state index in [0.717, 1.165) is 54.2 Å². The molecule has 2 aromatic rings. The molecule has 170 valence electrons. The zero-order valence-electron chi connectivity index (χ0n) is 18.4. The smallest absolute Gasteiger partial charge is 0.238 e. The summed E-state index contributed by atoms with van der Waals surface area (Å²) in [5.74, 6) is 2.24. The van der Waals surface area contributed by atoms with Crippen LogP contribution in [-0.2, 0) is 4.79 Å². The van der Waals surface area contributed by atoms with Gasteiger partial charge in [0.15, 0.2) is 11.5 Å². The highest BCUT2D eigenvalue weighted by Crippen LogP contribution is 2.50. The summed E-state index contributed by atoms with van der Waals surface area (Å²) in [6, 6.07) is 13.3. The number of piperidine rings is 1. The van der Waals surface area contributed by atoms with Crippen molar-refractivity contribution >= 4 is 11.6 Å². The molecule has 2 aromatic carbocycles. The van der Waals surface area contributed by atoms with Crippen molar-refractivity contribution in [3.63, 3.8) is 0 Å². The van der Waals surface area contributed by atoms with E-state index in [0.29, 0.717) is 13.0 Å². The second-order valence-electron chi connectivity index (χ2n) is 9.01. The molecule has 32 heavy (non-hydrogen) atoms. The molecule has 0 spiro atoms. The van der Waals surface area contributed by atoms with Crippen molar-refractivity contribution in [2.45, 2.75) is 43.7 Å². The summed E-state index contributed by atoms with van der Waals surface area (Å²) >= 11 is 0. The zero-order valence-corrected chi connectivity index (χ0v) is 18.4. The van der Waals surface area contributed by atoms with Gasteiger partial charge < -0.3 is 24.6 Å². The number of hydrogen-bond acceptors (Lipinski definition) is 6. The number of nitrogens with one attached hydrogen (secondary N) is 1. The summed E-state index contributed by atoms with van der Waals surface area (Å²) in [6.45, 7) is 1.16. The van der Waals surface area contributed by atoms with Crippen LogP contribution in [0.5, 0.6) is 17.2 Å². The third-order valence-electron chi connectivity index (χ3n) is 7.13. The molecule has 3 atom stereocenters. The summed E-state index contributed by atoms with van der Waals surface area (Å²) in [7, 11) is 1.62. The van der Waals surface area contributed by atoms with E-state index >= 15 is 0 Å². The molecule has 2 aliphatic heterocycles. The average Bonchev–Trinajstić information content (AvgIpc) is 3.27. The standard InChI is InChI=1S/C25H30N2O5/c1-30-19-8-6-18(7-9-19)26-23(28)15-27-13-12-25(29)11-3-2-4-20(25)24(27)17-5-10-21-22(14-17)32-16-31-21/h5-10,14,20,24,29H,2-4,11-13,15-16H2,1H3,(H,26,28)/t20-,24-,25-/m0/s1. The van der Waals surface area contributed by atoms with Gasteiger partial charge in [0.1, 0.15) is 5.75 Å². The van der Waals surface area contributed by atoms with E-state index in [2.05, 4.69) is 10.2 Å². The van der Waals surface area contributed by atoms with Crippen LogP contribution in [0.15, 0.2) is 42.5 Å². The molecule has 3 aliphatic rings. The van der Waals surface area contributed by atoms with Crippen LogP contribution in [0.25, 0.3) is 0 Å². The van der Waals surface area contributed by atoms with Gasteiger partial charge in [0.2, 0.25) is 12.7 Å². The number of carbonyl (C=O) groups is 1. The fourth-order valence-electron chi connectivity index (χ4n) is 5.52. The van der Waals surface area contributed by atoms with E-state index < -0.39 is 5.60 Å². The van der Waals surface area contributed by atoms with E-state index in [4.69, 9.17) is 14.2 Å². The number of likely N-dealkylation sites (tertiary alicyclic amines) is 1. The molecule has 1 saturated heterocycles. The van der Waals surface area contributed by atoms with E-state index in [1.807, 2.05) is 42.5 Å². The Morgan fingerprint density at radius 3 is 2.78 bits per heavy atom. The number of ether oxygens (including phenoxy) is 3. The largest absolute Gasteiger partial charge is 0.497 e. The maximum atomic E-state index is 12.9. The van der Waals surface area contributed by atoms with Crippen LogP contribution in [0.4, 0.5) is 5.69 Å². The molecule has 0 aromatic heterocycles. The van der Waals surface area contributed by atoms with Crippen LogP contribution >= 0.6 is 0 Å². The highest BCUT2D eigenvalue weighted by molar-refractivity contribution is 5.92. The first kappa shape index (κ1) is 21.1. The Hall–Kier alpha value is -2.77. The third-order valence-corrected chi connectivity index (χ3v) is 7.13. The van der Waals surface area contributed by atoms with Crippen LogP contribution in [0, 0.1) is 5.92 Å². The topological polar surface area (TPSA) is 80.3 Å². The Labute approximate surface area is 188 Å². The number of amides is 1. The quantitative estimate of drug-likeness (QED) is 0.741. The van der Waals surface area contributed by atoms with Crippen molar-refractivity contribution in [2.75, 3.05) is 32.3 Å². The van der Waals surface area contributed by atoms with Crippen LogP contribution < -0.4 is 19.5 Å². The molecule has 1 saturated carbocycles. The summed E-state index contributed by atoms with van der Waals surface area (Å²) in [5.41, 5.74) is 1.13. The van der Waals surface area contributed by atoms with Crippen molar-refractivity contribution in [1.82, 2.24) is 4.90 Å². The molecule has 5 rings (SSSR count). The van der Waals surface area contributed by atoms with Crippen molar-refractivity contribution < 1.29 is 24.1 Å². The highest BCUT2D eigenvalue weighted by atomic mass is 16.7. The molecular formula is C25H30N2O5. The molecule has 2 N–H and O–H groups in total. The lowest BCUT2D eigenvalue weighted by Crippen LogP contribution is -2.56. The molecular weight excluding hydrogens is 408 g/mol. The lowest BCUT2D eigenvalue weighted by atomic mass is 9.66. The first-order chi connectivity index (χ1) is 15.6. The molecule has 0 bridgehead atoms. The zero-order chi connectivity index (χ0) is 22.1. The average molecular weight is 439 g/mol. The predicted molar refractivity (Wildman–Crippen MR) is 120 cm³/mol. The second kappa shape index (κ2) is 8.64. The number of nitrogens with zero attached hydrogens (tertiary/aromatic N) is 1. The Morgan fingerprint density at radius 2 is 1.97 bits per heavy atom. The first-order valence-electron chi connectivity index (χ1n) is 11.4. The summed E-state index contributed by atoms with van der Waals surface area (Å²) in [4.78, 5) is 15.2. The molecule has 7 heteroatoms. The Balaban J connectivity index is 1.38. The van der Waals surface area contributed by atoms with Gasteiger partial charge in [0.25, 0.3) is 0 Å². The number of hydrogen-bond donors (Lipinski definition) is 2. The minimum atomic E-state index is -0.678. The third kappa shape index (κ3) is 4.02. The summed E-state index contributed by atoms with van der Waals surface area (Å²) < 4.78 is 16.3. The fourth-order valence-corrected chi connectivity index (χ4v) is 5.52. The summed E-state index contributed by atoms with van der Waals surface area (Å²) in [6.07, 6.45) is 4.62. The lowest BCUT2D eigenvalue weighted by Gasteiger charge is -2.52. The molecule has 1 aliphatic carbocycles. The lowest BCUT2D eigenvalue weighted by molar-refractivity contribution is -0.135. The number of anilines is 1. The second-order valence-corrected chi connectivity index (χ2v) is 9.01. The highest BCUT2D eigenvalue weighted by Gasteiger charge is 2.49. The molecule has 2 heterocycles. The van der Waals surface area contributed by atoms with E-state index in [1.165, 1.54) is 0 Å². The van der Waals surface area contributed by atoms with Gasteiger partial charge in [-0.1, -0.05) is 18.9 Å². The van der Waals surface area contributed by atoms with Gasteiger partial charge in [0.05, 0.1) is 19.3 Å².